The zero-order valence-corrected chi connectivity index (χ0v) is 15.9. The summed E-state index contributed by atoms with van der Waals surface area (Å²) in [6, 6.07) is 3.91. The highest BCUT2D eigenvalue weighted by molar-refractivity contribution is 8.00. The lowest BCUT2D eigenvalue weighted by molar-refractivity contribution is -0.121. The van der Waals surface area contributed by atoms with Crippen molar-refractivity contribution in [3.8, 4) is 6.07 Å². The van der Waals surface area contributed by atoms with Gasteiger partial charge >= 0.3 is 0 Å². The summed E-state index contributed by atoms with van der Waals surface area (Å²) >= 11 is 2.61. The second-order valence-corrected chi connectivity index (χ2v) is 8.32. The number of hydrogen-bond acceptors (Lipinski definition) is 6. The van der Waals surface area contributed by atoms with Crippen LogP contribution in [0.15, 0.2) is 21.4 Å². The number of thioether (sulfide) groups is 1. The number of aromatic nitrogens is 2. The molecule has 0 radical (unpaired) electrons. The monoisotopic (exact) mass is 364 g/mol. The highest BCUT2D eigenvalue weighted by Crippen LogP contribution is 2.25. The van der Waals surface area contributed by atoms with Crippen molar-refractivity contribution >= 4 is 39.2 Å². The van der Waals surface area contributed by atoms with Crippen molar-refractivity contribution < 1.29 is 4.79 Å². The molecule has 0 aliphatic heterocycles. The lowest BCUT2D eigenvalue weighted by Gasteiger charge is -2.28. The maximum absolute atomic E-state index is 12.4. The van der Waals surface area contributed by atoms with Crippen molar-refractivity contribution in [3.63, 3.8) is 0 Å². The van der Waals surface area contributed by atoms with Crippen molar-refractivity contribution in [1.82, 2.24) is 14.9 Å². The van der Waals surface area contributed by atoms with Crippen LogP contribution in [0.4, 0.5) is 0 Å². The van der Waals surface area contributed by atoms with Crippen molar-refractivity contribution in [3.05, 3.63) is 21.8 Å². The predicted octanol–water partition coefficient (Wildman–Crippen LogP) is 2.53. The van der Waals surface area contributed by atoms with Gasteiger partial charge in [-0.25, -0.2) is 4.98 Å². The Hall–Kier alpha value is -1.85. The van der Waals surface area contributed by atoms with Gasteiger partial charge in [0.05, 0.1) is 16.7 Å². The van der Waals surface area contributed by atoms with Gasteiger partial charge in [-0.3, -0.25) is 14.2 Å². The number of carbonyl (C=O) groups excluding carboxylic acids is 1. The van der Waals surface area contributed by atoms with Crippen molar-refractivity contribution in [2.75, 3.05) is 0 Å². The lowest BCUT2D eigenvalue weighted by atomic mass is 9.90. The standard InChI is InChI=1S/C16H20N4O2S2/c1-9(2)16(4,8-17)19-12(21)10(3)24-15-18-13-11(6-7-23-13)14(22)20(15)5/h6-7,9-10H,1-5H3,(H,19,21). The Kier molecular flexibility index (Phi) is 5.35. The fraction of sp³-hybridized carbons (Fsp3) is 0.500. The van der Waals surface area contributed by atoms with Gasteiger partial charge in [-0.1, -0.05) is 25.6 Å². The molecule has 2 atom stereocenters. The van der Waals surface area contributed by atoms with E-state index in [-0.39, 0.29) is 17.4 Å². The third kappa shape index (κ3) is 3.47. The van der Waals surface area contributed by atoms with Gasteiger partial charge in [0, 0.05) is 7.05 Å². The maximum atomic E-state index is 12.4. The normalized spacial score (nSPS) is 15.0. The second-order valence-electron chi connectivity index (χ2n) is 6.12. The first kappa shape index (κ1) is 18.5. The first-order valence-electron chi connectivity index (χ1n) is 7.53. The van der Waals surface area contributed by atoms with Gasteiger partial charge in [0.25, 0.3) is 5.56 Å². The van der Waals surface area contributed by atoms with Crippen LogP contribution >= 0.6 is 23.1 Å². The Morgan fingerprint density at radius 1 is 1.50 bits per heavy atom. The number of thiophene rings is 1. The smallest absolute Gasteiger partial charge is 0.262 e. The Bertz CT molecular complexity index is 865. The molecular formula is C16H20N4O2S2. The molecule has 0 saturated heterocycles. The maximum Gasteiger partial charge on any atom is 0.262 e. The number of amides is 1. The fourth-order valence-corrected chi connectivity index (χ4v) is 3.64. The van der Waals surface area contributed by atoms with Gasteiger partial charge in [-0.15, -0.1) is 11.3 Å². The SMILES string of the molecule is CC(Sc1nc2sccc2c(=O)n1C)C(=O)NC(C)(C#N)C(C)C. The van der Waals surface area contributed by atoms with Crippen LogP contribution in [0.1, 0.15) is 27.7 Å². The molecule has 2 rings (SSSR count). The van der Waals surface area contributed by atoms with Crippen LogP contribution in [-0.4, -0.2) is 26.2 Å². The summed E-state index contributed by atoms with van der Waals surface area (Å²) in [7, 11) is 1.65. The fourth-order valence-electron chi connectivity index (χ4n) is 1.96. The largest absolute Gasteiger partial charge is 0.337 e. The Labute approximate surface area is 148 Å². The summed E-state index contributed by atoms with van der Waals surface area (Å²) in [5.41, 5.74) is -1.05. The van der Waals surface area contributed by atoms with E-state index in [1.807, 2.05) is 19.2 Å². The molecule has 0 aliphatic carbocycles. The van der Waals surface area contributed by atoms with E-state index in [0.29, 0.717) is 15.4 Å². The molecular weight excluding hydrogens is 344 g/mol. The number of nitrogens with zero attached hydrogens (tertiary/aromatic N) is 3. The minimum Gasteiger partial charge on any atom is -0.337 e. The number of carbonyl (C=O) groups is 1. The van der Waals surface area contributed by atoms with Gasteiger partial charge in [0.1, 0.15) is 10.4 Å². The van der Waals surface area contributed by atoms with E-state index in [2.05, 4.69) is 16.4 Å². The van der Waals surface area contributed by atoms with Gasteiger partial charge in [-0.05, 0) is 31.2 Å². The molecule has 128 valence electrons. The second kappa shape index (κ2) is 6.95. The quantitative estimate of drug-likeness (QED) is 0.651. The summed E-state index contributed by atoms with van der Waals surface area (Å²) in [4.78, 5) is 29.9. The summed E-state index contributed by atoms with van der Waals surface area (Å²) in [5.74, 6) is -0.271. The van der Waals surface area contributed by atoms with Crippen LogP contribution in [0.25, 0.3) is 10.2 Å². The van der Waals surface area contributed by atoms with E-state index in [9.17, 15) is 14.9 Å². The van der Waals surface area contributed by atoms with E-state index >= 15 is 0 Å². The molecule has 1 N–H and O–H groups in total. The molecule has 0 bridgehead atoms. The van der Waals surface area contributed by atoms with Crippen LogP contribution in [0.3, 0.4) is 0 Å². The molecule has 0 saturated carbocycles. The Morgan fingerprint density at radius 2 is 2.17 bits per heavy atom. The van der Waals surface area contributed by atoms with Crippen molar-refractivity contribution in [2.24, 2.45) is 13.0 Å². The summed E-state index contributed by atoms with van der Waals surface area (Å²) in [6.45, 7) is 7.22. The van der Waals surface area contributed by atoms with Crippen LogP contribution in [0, 0.1) is 17.2 Å². The van der Waals surface area contributed by atoms with Crippen LogP contribution < -0.4 is 10.9 Å². The zero-order valence-electron chi connectivity index (χ0n) is 14.3. The van der Waals surface area contributed by atoms with E-state index in [1.54, 1.807) is 27.0 Å². The summed E-state index contributed by atoms with van der Waals surface area (Å²) in [5, 5.41) is 14.5. The first-order valence-corrected chi connectivity index (χ1v) is 9.29. The number of fused-ring (bicyclic) bond motifs is 1. The van der Waals surface area contributed by atoms with E-state index in [4.69, 9.17) is 0 Å². The molecule has 0 spiro atoms. The van der Waals surface area contributed by atoms with Gasteiger partial charge in [-0.2, -0.15) is 5.26 Å². The molecule has 0 aliphatic rings. The number of nitrogens with one attached hydrogen (secondary N) is 1. The number of rotatable bonds is 5. The zero-order chi connectivity index (χ0) is 18.1. The molecule has 2 aromatic heterocycles. The third-order valence-corrected chi connectivity index (χ3v) is 6.04. The molecule has 2 aromatic rings. The molecule has 1 amide bonds. The summed E-state index contributed by atoms with van der Waals surface area (Å²) in [6.07, 6.45) is 0. The van der Waals surface area contributed by atoms with Crippen LogP contribution in [0.5, 0.6) is 0 Å². The molecule has 2 unspecified atom stereocenters. The van der Waals surface area contributed by atoms with E-state index < -0.39 is 10.8 Å². The van der Waals surface area contributed by atoms with Gasteiger partial charge in [0.15, 0.2) is 5.16 Å². The molecule has 6 nitrogen and oxygen atoms in total. The van der Waals surface area contributed by atoms with Gasteiger partial charge < -0.3 is 5.32 Å². The molecule has 2 heterocycles. The molecule has 0 aromatic carbocycles. The highest BCUT2D eigenvalue weighted by Gasteiger charge is 2.32. The van der Waals surface area contributed by atoms with Crippen LogP contribution in [-0.2, 0) is 11.8 Å². The Balaban J connectivity index is 2.22. The first-order chi connectivity index (χ1) is 11.2. The molecule has 8 heteroatoms. The predicted molar refractivity (Wildman–Crippen MR) is 97.2 cm³/mol. The van der Waals surface area contributed by atoms with Gasteiger partial charge in [0.2, 0.25) is 5.91 Å². The Morgan fingerprint density at radius 3 is 2.75 bits per heavy atom. The average Bonchev–Trinajstić information content (AvgIpc) is 3.00. The third-order valence-electron chi connectivity index (χ3n) is 4.09. The summed E-state index contributed by atoms with van der Waals surface area (Å²) < 4.78 is 1.45. The topological polar surface area (TPSA) is 87.8 Å². The lowest BCUT2D eigenvalue weighted by Crippen LogP contribution is -2.51. The number of hydrogen-bond donors (Lipinski definition) is 1. The van der Waals surface area contributed by atoms with Crippen molar-refractivity contribution in [2.45, 2.75) is 43.6 Å². The van der Waals surface area contributed by atoms with Crippen molar-refractivity contribution in [1.29, 1.82) is 5.26 Å². The highest BCUT2D eigenvalue weighted by atomic mass is 32.2. The molecule has 0 fully saturated rings. The van der Waals surface area contributed by atoms with E-state index in [1.165, 1.54) is 27.7 Å². The molecule has 24 heavy (non-hydrogen) atoms. The van der Waals surface area contributed by atoms with E-state index in [0.717, 1.165) is 0 Å². The van der Waals surface area contributed by atoms with Crippen LogP contribution in [0.2, 0.25) is 0 Å². The number of nitriles is 1. The minimum absolute atomic E-state index is 0.0198. The minimum atomic E-state index is -0.928. The average molecular weight is 364 g/mol.